The maximum absolute atomic E-state index is 10.7. The lowest BCUT2D eigenvalue weighted by Crippen LogP contribution is -2.20. The van der Waals surface area contributed by atoms with Gasteiger partial charge in [0.15, 0.2) is 0 Å². The molecule has 1 heterocycles. The van der Waals surface area contributed by atoms with Crippen LogP contribution in [-0.2, 0) is 4.79 Å². The summed E-state index contributed by atoms with van der Waals surface area (Å²) < 4.78 is 0. The van der Waals surface area contributed by atoms with E-state index < -0.39 is 5.97 Å². The van der Waals surface area contributed by atoms with Crippen molar-refractivity contribution in [3.05, 3.63) is 35.7 Å². The molecule has 1 aromatic heterocycles. The molecule has 0 unspecified atom stereocenters. The number of nitrogens with zero attached hydrogens (tertiary/aromatic N) is 1. The van der Waals surface area contributed by atoms with Gasteiger partial charge in [-0.15, -0.1) is 0 Å². The second-order valence-electron chi connectivity index (χ2n) is 3.45. The van der Waals surface area contributed by atoms with Crippen LogP contribution in [-0.4, -0.2) is 28.5 Å². The first-order valence-corrected chi connectivity index (χ1v) is 5.20. The molecule has 17 heavy (non-hydrogen) atoms. The third-order valence-corrected chi connectivity index (χ3v) is 2.00. The molecule has 0 aliphatic carbocycles. The van der Waals surface area contributed by atoms with Gasteiger partial charge >= 0.3 is 5.97 Å². The Kier molecular flexibility index (Phi) is 4.87. The first kappa shape index (κ1) is 12.9. The van der Waals surface area contributed by atoms with Crippen molar-refractivity contribution in [1.29, 1.82) is 0 Å². The van der Waals surface area contributed by atoms with E-state index in [0.717, 1.165) is 5.56 Å². The lowest BCUT2D eigenvalue weighted by molar-refractivity contribution is -0.118. The molecule has 90 valence electrons. The third kappa shape index (κ3) is 4.92. The molecule has 0 saturated heterocycles. The number of carbonyl (C=O) groups excluding carboxylic acids is 1. The van der Waals surface area contributed by atoms with E-state index in [1.807, 2.05) is 6.08 Å². The second kappa shape index (κ2) is 6.42. The van der Waals surface area contributed by atoms with Gasteiger partial charge in [-0.3, -0.25) is 4.79 Å². The summed E-state index contributed by atoms with van der Waals surface area (Å²) in [6.07, 6.45) is 5.83. The van der Waals surface area contributed by atoms with E-state index in [0.29, 0.717) is 13.0 Å². The zero-order valence-electron chi connectivity index (χ0n) is 9.51. The van der Waals surface area contributed by atoms with E-state index in [1.165, 1.54) is 19.2 Å². The number of carboxylic acids is 1. The molecule has 0 atom stereocenters. The fourth-order valence-corrected chi connectivity index (χ4v) is 1.22. The first-order chi connectivity index (χ1) is 8.09. The van der Waals surface area contributed by atoms with Crippen LogP contribution in [0.15, 0.2) is 24.4 Å². The molecule has 0 spiro atoms. The summed E-state index contributed by atoms with van der Waals surface area (Å²) in [6, 6.07) is 3.22. The highest BCUT2D eigenvalue weighted by molar-refractivity contribution is 5.85. The highest BCUT2D eigenvalue weighted by Crippen LogP contribution is 2.04. The number of nitrogens with one attached hydrogen (secondary N) is 1. The lowest BCUT2D eigenvalue weighted by atomic mass is 10.2. The van der Waals surface area contributed by atoms with E-state index in [2.05, 4.69) is 10.3 Å². The monoisotopic (exact) mass is 234 g/mol. The predicted molar refractivity (Wildman–Crippen MR) is 63.5 cm³/mol. The average molecular weight is 234 g/mol. The summed E-state index contributed by atoms with van der Waals surface area (Å²) >= 11 is 0. The number of carbonyl (C=O) groups is 2. The number of amides is 1. The molecule has 1 amide bonds. The third-order valence-electron chi connectivity index (χ3n) is 2.00. The van der Waals surface area contributed by atoms with Crippen molar-refractivity contribution >= 4 is 18.0 Å². The van der Waals surface area contributed by atoms with Crippen LogP contribution in [0.1, 0.15) is 29.4 Å². The van der Waals surface area contributed by atoms with Gasteiger partial charge in [0.25, 0.3) is 0 Å². The minimum atomic E-state index is -1.04. The van der Waals surface area contributed by atoms with Gasteiger partial charge in [-0.05, 0) is 24.1 Å². The van der Waals surface area contributed by atoms with Gasteiger partial charge in [0.05, 0.1) is 0 Å². The van der Waals surface area contributed by atoms with Crippen LogP contribution in [0.5, 0.6) is 0 Å². The van der Waals surface area contributed by atoms with Crippen molar-refractivity contribution in [1.82, 2.24) is 10.3 Å². The summed E-state index contributed by atoms with van der Waals surface area (Å²) in [7, 11) is 0. The van der Waals surface area contributed by atoms with Gasteiger partial charge in [0, 0.05) is 19.7 Å². The lowest BCUT2D eigenvalue weighted by Gasteiger charge is -1.98. The summed E-state index contributed by atoms with van der Waals surface area (Å²) in [5.74, 6) is -1.10. The highest BCUT2D eigenvalue weighted by Gasteiger charge is 2.02. The number of carboxylic acid groups (broad SMARTS) is 1. The Bertz CT molecular complexity index is 441. The zero-order valence-corrected chi connectivity index (χ0v) is 9.51. The maximum atomic E-state index is 10.7. The minimum Gasteiger partial charge on any atom is -0.477 e. The van der Waals surface area contributed by atoms with Crippen LogP contribution >= 0.6 is 0 Å². The number of aromatic nitrogens is 1. The van der Waals surface area contributed by atoms with E-state index in [1.54, 1.807) is 12.1 Å². The van der Waals surface area contributed by atoms with Crippen molar-refractivity contribution in [3.8, 4) is 0 Å². The number of rotatable bonds is 5. The second-order valence-corrected chi connectivity index (χ2v) is 3.45. The maximum Gasteiger partial charge on any atom is 0.354 e. The summed E-state index contributed by atoms with van der Waals surface area (Å²) in [5, 5.41) is 11.4. The van der Waals surface area contributed by atoms with Crippen LogP contribution in [0.3, 0.4) is 0 Å². The molecular formula is C12H14N2O3. The van der Waals surface area contributed by atoms with Crippen LogP contribution in [0.2, 0.25) is 0 Å². The number of hydrogen-bond donors (Lipinski definition) is 2. The molecule has 0 fully saturated rings. The SMILES string of the molecule is CC(=O)NCCC=Cc1ccnc(C(=O)O)c1. The molecule has 5 heteroatoms. The molecule has 5 nitrogen and oxygen atoms in total. The van der Waals surface area contributed by atoms with E-state index in [4.69, 9.17) is 5.11 Å². The van der Waals surface area contributed by atoms with Gasteiger partial charge in [0.2, 0.25) is 5.91 Å². The van der Waals surface area contributed by atoms with Gasteiger partial charge in [-0.1, -0.05) is 12.2 Å². The van der Waals surface area contributed by atoms with Crippen LogP contribution in [0.25, 0.3) is 6.08 Å². The Balaban J connectivity index is 2.50. The van der Waals surface area contributed by atoms with Crippen molar-refractivity contribution < 1.29 is 14.7 Å². The highest BCUT2D eigenvalue weighted by atomic mass is 16.4. The molecule has 2 N–H and O–H groups in total. The predicted octanol–water partition coefficient (Wildman–Crippen LogP) is 1.32. The smallest absolute Gasteiger partial charge is 0.354 e. The van der Waals surface area contributed by atoms with Crippen LogP contribution in [0.4, 0.5) is 0 Å². The van der Waals surface area contributed by atoms with E-state index >= 15 is 0 Å². The summed E-state index contributed by atoms with van der Waals surface area (Å²) in [4.78, 5) is 25.0. The van der Waals surface area contributed by atoms with Gasteiger partial charge in [-0.2, -0.15) is 0 Å². The molecule has 1 rings (SSSR count). The number of hydrogen-bond acceptors (Lipinski definition) is 3. The van der Waals surface area contributed by atoms with Crippen molar-refractivity contribution in [2.45, 2.75) is 13.3 Å². The van der Waals surface area contributed by atoms with Crippen LogP contribution in [0, 0.1) is 0 Å². The summed E-state index contributed by atoms with van der Waals surface area (Å²) in [6.45, 7) is 2.04. The Morgan fingerprint density at radius 2 is 2.29 bits per heavy atom. The molecule has 1 aromatic rings. The fourth-order valence-electron chi connectivity index (χ4n) is 1.22. The zero-order chi connectivity index (χ0) is 12.7. The number of aromatic carboxylic acids is 1. The quantitative estimate of drug-likeness (QED) is 0.753. The Morgan fingerprint density at radius 3 is 2.94 bits per heavy atom. The molecule has 0 bridgehead atoms. The molecule has 0 saturated carbocycles. The van der Waals surface area contributed by atoms with Crippen LogP contribution < -0.4 is 5.32 Å². The van der Waals surface area contributed by atoms with Gasteiger partial charge in [0.1, 0.15) is 5.69 Å². The molecule has 0 aliphatic rings. The van der Waals surface area contributed by atoms with Gasteiger partial charge in [-0.25, -0.2) is 9.78 Å². The van der Waals surface area contributed by atoms with Crippen molar-refractivity contribution in [2.24, 2.45) is 0 Å². The van der Waals surface area contributed by atoms with Gasteiger partial charge < -0.3 is 10.4 Å². The molecule has 0 aliphatic heterocycles. The molecular weight excluding hydrogens is 220 g/mol. The summed E-state index contributed by atoms with van der Waals surface area (Å²) in [5.41, 5.74) is 0.800. The first-order valence-electron chi connectivity index (χ1n) is 5.20. The van der Waals surface area contributed by atoms with Crippen molar-refractivity contribution in [3.63, 3.8) is 0 Å². The molecule has 0 aromatic carbocycles. The van der Waals surface area contributed by atoms with Crippen molar-refractivity contribution in [2.75, 3.05) is 6.54 Å². The Labute approximate surface area is 99.2 Å². The Hall–Kier alpha value is -2.17. The largest absolute Gasteiger partial charge is 0.477 e. The van der Waals surface area contributed by atoms with E-state index in [-0.39, 0.29) is 11.6 Å². The topological polar surface area (TPSA) is 79.3 Å². The average Bonchev–Trinajstić information content (AvgIpc) is 2.28. The fraction of sp³-hybridized carbons (Fsp3) is 0.250. The Morgan fingerprint density at radius 1 is 1.53 bits per heavy atom. The number of pyridine rings is 1. The minimum absolute atomic E-state index is 0.0222. The molecule has 0 radical (unpaired) electrons. The van der Waals surface area contributed by atoms with E-state index in [9.17, 15) is 9.59 Å². The normalized spacial score (nSPS) is 10.4. The standard InChI is InChI=1S/C12H14N2O3/c1-9(15)13-6-3-2-4-10-5-7-14-11(8-10)12(16)17/h2,4-5,7-8H,3,6H2,1H3,(H,13,15)(H,16,17).